The van der Waals surface area contributed by atoms with Crippen molar-refractivity contribution in [2.24, 2.45) is 0 Å². The number of nitrogens with zero attached hydrogens (tertiary/aromatic N) is 2. The van der Waals surface area contributed by atoms with Crippen LogP contribution in [0.2, 0.25) is 0 Å². The monoisotopic (exact) mass is 275 g/mol. The van der Waals surface area contributed by atoms with Gasteiger partial charge in [0, 0.05) is 29.2 Å². The zero-order chi connectivity index (χ0) is 14.0. The van der Waals surface area contributed by atoms with Crippen LogP contribution in [0, 0.1) is 0 Å². The average molecular weight is 275 g/mol. The van der Waals surface area contributed by atoms with Gasteiger partial charge in [0.15, 0.2) is 0 Å². The zero-order valence-electron chi connectivity index (χ0n) is 12.0. The number of hydrogen-bond acceptors (Lipinski definition) is 4. The number of rotatable bonds is 3. The van der Waals surface area contributed by atoms with E-state index >= 15 is 0 Å². The molecular formula is C15H21N3S. The molecule has 102 valence electrons. The minimum atomic E-state index is 0.120. The maximum Gasteiger partial charge on any atom is 0.112 e. The van der Waals surface area contributed by atoms with Crippen molar-refractivity contribution < 1.29 is 0 Å². The summed E-state index contributed by atoms with van der Waals surface area (Å²) in [6.07, 6.45) is 0. The van der Waals surface area contributed by atoms with E-state index in [1.54, 1.807) is 11.3 Å². The molecule has 2 aromatic rings. The van der Waals surface area contributed by atoms with Crippen molar-refractivity contribution in [3.05, 3.63) is 40.3 Å². The van der Waals surface area contributed by atoms with Crippen LogP contribution in [0.3, 0.4) is 0 Å². The Morgan fingerprint density at radius 3 is 2.37 bits per heavy atom. The average Bonchev–Trinajstić information content (AvgIpc) is 2.78. The van der Waals surface area contributed by atoms with Crippen molar-refractivity contribution >= 4 is 22.7 Å². The first-order valence-electron chi connectivity index (χ1n) is 6.38. The minimum Gasteiger partial charge on any atom is -0.399 e. The Morgan fingerprint density at radius 2 is 1.84 bits per heavy atom. The largest absolute Gasteiger partial charge is 0.399 e. The van der Waals surface area contributed by atoms with Gasteiger partial charge in [0.1, 0.15) is 5.01 Å². The lowest BCUT2D eigenvalue weighted by atomic mass is 9.93. The molecule has 0 aliphatic carbocycles. The van der Waals surface area contributed by atoms with Crippen LogP contribution in [0.5, 0.6) is 0 Å². The second kappa shape index (κ2) is 5.21. The van der Waals surface area contributed by atoms with Gasteiger partial charge in [-0.25, -0.2) is 4.98 Å². The molecule has 19 heavy (non-hydrogen) atoms. The van der Waals surface area contributed by atoms with Gasteiger partial charge in [0.05, 0.1) is 12.2 Å². The summed E-state index contributed by atoms with van der Waals surface area (Å²) < 4.78 is 0. The Balaban J connectivity index is 2.08. The molecule has 0 saturated heterocycles. The van der Waals surface area contributed by atoms with Gasteiger partial charge >= 0.3 is 0 Å². The Bertz CT molecular complexity index is 537. The molecule has 0 bridgehead atoms. The molecule has 0 atom stereocenters. The number of anilines is 2. The lowest BCUT2D eigenvalue weighted by Gasteiger charge is -2.18. The van der Waals surface area contributed by atoms with E-state index in [9.17, 15) is 0 Å². The molecule has 0 aliphatic heterocycles. The molecule has 0 saturated carbocycles. The molecule has 0 spiro atoms. The second-order valence-electron chi connectivity index (χ2n) is 5.82. The summed E-state index contributed by atoms with van der Waals surface area (Å²) in [5.41, 5.74) is 8.93. The first kappa shape index (κ1) is 13.9. The normalized spacial score (nSPS) is 11.6. The molecule has 0 aliphatic rings. The molecule has 2 rings (SSSR count). The fourth-order valence-corrected chi connectivity index (χ4v) is 2.82. The highest BCUT2D eigenvalue weighted by atomic mass is 32.1. The van der Waals surface area contributed by atoms with Gasteiger partial charge in [-0.15, -0.1) is 11.3 Å². The standard InChI is InChI=1S/C15H21N3S/c1-15(2,3)13-10-19-14(17-13)9-18(4)12-7-5-11(16)6-8-12/h5-8,10H,9,16H2,1-4H3. The van der Waals surface area contributed by atoms with E-state index in [0.29, 0.717) is 0 Å². The smallest absolute Gasteiger partial charge is 0.112 e. The first-order chi connectivity index (χ1) is 8.86. The fraction of sp³-hybridized carbons (Fsp3) is 0.400. The van der Waals surface area contributed by atoms with E-state index in [1.807, 2.05) is 24.3 Å². The highest BCUT2D eigenvalue weighted by molar-refractivity contribution is 7.09. The summed E-state index contributed by atoms with van der Waals surface area (Å²) in [5, 5.41) is 3.30. The summed E-state index contributed by atoms with van der Waals surface area (Å²) in [4.78, 5) is 6.90. The van der Waals surface area contributed by atoms with Crippen LogP contribution in [0.4, 0.5) is 11.4 Å². The number of hydrogen-bond donors (Lipinski definition) is 1. The molecule has 1 aromatic carbocycles. The van der Waals surface area contributed by atoms with Crippen LogP contribution >= 0.6 is 11.3 Å². The molecule has 0 amide bonds. The minimum absolute atomic E-state index is 0.120. The molecule has 0 unspecified atom stereocenters. The summed E-state index contributed by atoms with van der Waals surface area (Å²) in [7, 11) is 2.07. The Hall–Kier alpha value is -1.55. The lowest BCUT2D eigenvalue weighted by molar-refractivity contribution is 0.570. The van der Waals surface area contributed by atoms with Gasteiger partial charge in [-0.3, -0.25) is 0 Å². The topological polar surface area (TPSA) is 42.2 Å². The molecule has 2 N–H and O–H groups in total. The Kier molecular flexibility index (Phi) is 3.80. The molecule has 0 fully saturated rings. The van der Waals surface area contributed by atoms with E-state index in [1.165, 1.54) is 5.69 Å². The third-order valence-corrected chi connectivity index (χ3v) is 3.86. The van der Waals surface area contributed by atoms with Crippen molar-refractivity contribution in [1.29, 1.82) is 0 Å². The van der Waals surface area contributed by atoms with Crippen LogP contribution in [0.1, 0.15) is 31.5 Å². The van der Waals surface area contributed by atoms with Crippen molar-refractivity contribution in [1.82, 2.24) is 4.98 Å². The number of thiazole rings is 1. The number of benzene rings is 1. The van der Waals surface area contributed by atoms with Crippen molar-refractivity contribution in [3.8, 4) is 0 Å². The third kappa shape index (κ3) is 3.47. The van der Waals surface area contributed by atoms with Gasteiger partial charge in [-0.05, 0) is 24.3 Å². The molecular weight excluding hydrogens is 254 g/mol. The predicted molar refractivity (Wildman–Crippen MR) is 83.8 cm³/mol. The van der Waals surface area contributed by atoms with Crippen molar-refractivity contribution in [3.63, 3.8) is 0 Å². The Labute approximate surface area is 119 Å². The summed E-state index contributed by atoms with van der Waals surface area (Å²) in [6.45, 7) is 7.39. The van der Waals surface area contributed by atoms with Gasteiger partial charge in [-0.1, -0.05) is 20.8 Å². The highest BCUT2D eigenvalue weighted by Crippen LogP contribution is 2.25. The first-order valence-corrected chi connectivity index (χ1v) is 7.26. The van der Waals surface area contributed by atoms with E-state index < -0.39 is 0 Å². The number of aromatic nitrogens is 1. The molecule has 1 aromatic heterocycles. The van der Waals surface area contributed by atoms with Crippen LogP contribution < -0.4 is 10.6 Å². The fourth-order valence-electron chi connectivity index (χ4n) is 1.75. The lowest BCUT2D eigenvalue weighted by Crippen LogP contribution is -2.17. The highest BCUT2D eigenvalue weighted by Gasteiger charge is 2.17. The van der Waals surface area contributed by atoms with Gasteiger partial charge in [0.25, 0.3) is 0 Å². The zero-order valence-corrected chi connectivity index (χ0v) is 12.8. The molecule has 1 heterocycles. The van der Waals surface area contributed by atoms with E-state index in [-0.39, 0.29) is 5.41 Å². The van der Waals surface area contributed by atoms with Crippen LogP contribution in [-0.4, -0.2) is 12.0 Å². The summed E-state index contributed by atoms with van der Waals surface area (Å²) in [5.74, 6) is 0. The van der Waals surface area contributed by atoms with E-state index in [4.69, 9.17) is 10.7 Å². The van der Waals surface area contributed by atoms with Crippen LogP contribution in [-0.2, 0) is 12.0 Å². The third-order valence-electron chi connectivity index (χ3n) is 3.03. The van der Waals surface area contributed by atoms with E-state index in [0.717, 1.165) is 22.9 Å². The van der Waals surface area contributed by atoms with E-state index in [2.05, 4.69) is 38.1 Å². The van der Waals surface area contributed by atoms with Gasteiger partial charge in [-0.2, -0.15) is 0 Å². The van der Waals surface area contributed by atoms with Crippen molar-refractivity contribution in [2.45, 2.75) is 32.7 Å². The second-order valence-corrected chi connectivity index (χ2v) is 6.77. The molecule has 4 heteroatoms. The summed E-state index contributed by atoms with van der Waals surface area (Å²) in [6, 6.07) is 7.92. The number of nitrogen functional groups attached to an aromatic ring is 1. The molecule has 3 nitrogen and oxygen atoms in total. The maximum absolute atomic E-state index is 5.70. The van der Waals surface area contributed by atoms with Crippen molar-refractivity contribution in [2.75, 3.05) is 17.7 Å². The Morgan fingerprint density at radius 1 is 1.21 bits per heavy atom. The number of nitrogens with two attached hydrogens (primary N) is 1. The van der Waals surface area contributed by atoms with Crippen LogP contribution in [0.15, 0.2) is 29.6 Å². The summed E-state index contributed by atoms with van der Waals surface area (Å²) >= 11 is 1.73. The van der Waals surface area contributed by atoms with Crippen LogP contribution in [0.25, 0.3) is 0 Å². The molecule has 0 radical (unpaired) electrons. The van der Waals surface area contributed by atoms with Gasteiger partial charge in [0.2, 0.25) is 0 Å². The maximum atomic E-state index is 5.70. The quantitative estimate of drug-likeness (QED) is 0.869. The van der Waals surface area contributed by atoms with Gasteiger partial charge < -0.3 is 10.6 Å². The SMILES string of the molecule is CN(Cc1nc(C(C)(C)C)cs1)c1ccc(N)cc1. The predicted octanol–water partition coefficient (Wildman–Crippen LogP) is 3.66.